The number of halogens is 2. The summed E-state index contributed by atoms with van der Waals surface area (Å²) in [5, 5.41) is 0. The van der Waals surface area contributed by atoms with Crippen molar-refractivity contribution in [3.8, 4) is 0 Å². The predicted octanol–water partition coefficient (Wildman–Crippen LogP) is 3.04. The third kappa shape index (κ3) is 2.56. The van der Waals surface area contributed by atoms with E-state index in [0.717, 1.165) is 5.57 Å². The number of allylic oxidation sites excluding steroid dienone is 2. The molecule has 0 aliphatic rings. The second kappa shape index (κ2) is 3.44. The number of alkyl halides is 2. The van der Waals surface area contributed by atoms with E-state index in [0.29, 0.717) is 0 Å². The van der Waals surface area contributed by atoms with Gasteiger partial charge in [0, 0.05) is 0 Å². The Bertz CT molecular complexity index is 136. The van der Waals surface area contributed by atoms with E-state index < -0.39 is 24.4 Å². The third-order valence-electron chi connectivity index (χ3n) is 1.38. The molecule has 0 bridgehead atoms. The van der Waals surface area contributed by atoms with Crippen LogP contribution < -0.4 is 0 Å². The van der Waals surface area contributed by atoms with Gasteiger partial charge in [-0.25, -0.2) is 4.39 Å². The first-order valence-electron chi connectivity index (χ1n) is 2.76. The fourth-order valence-electron chi connectivity index (χ4n) is 0.359. The lowest BCUT2D eigenvalue weighted by Crippen LogP contribution is -2.08. The van der Waals surface area contributed by atoms with Crippen LogP contribution in [0, 0.1) is 0 Å². The van der Waals surface area contributed by atoms with Crippen LogP contribution in [0.15, 0.2) is 11.6 Å². The Morgan fingerprint density at radius 1 is 1.78 bits per heavy atom. The van der Waals surface area contributed by atoms with Gasteiger partial charge < -0.3 is 0 Å². The highest BCUT2D eigenvalue weighted by Crippen LogP contribution is 2.31. The molecule has 0 radical (unpaired) electrons. The van der Waals surface area contributed by atoms with E-state index in [1.807, 2.05) is 19.9 Å². The van der Waals surface area contributed by atoms with Crippen LogP contribution in [0.5, 0.6) is 0 Å². The smallest absolute Gasteiger partial charge is 0.173 e. The van der Waals surface area contributed by atoms with Gasteiger partial charge in [0.05, 0.1) is 0 Å². The summed E-state index contributed by atoms with van der Waals surface area (Å²) in [6.07, 6.45) is 1.81. The molecule has 0 amide bonds. The maximum Gasteiger partial charge on any atom is 0.173 e. The SMILES string of the molecule is C=IC(C)(F)/C(C)=C/C. The van der Waals surface area contributed by atoms with Gasteiger partial charge in [-0.05, 0) is 26.3 Å². The minimum atomic E-state index is -1.09. The van der Waals surface area contributed by atoms with Crippen molar-refractivity contribution in [3.05, 3.63) is 11.6 Å². The minimum Gasteiger partial charge on any atom is -0.228 e. The van der Waals surface area contributed by atoms with Crippen LogP contribution in [0.25, 0.3) is 0 Å². The Morgan fingerprint density at radius 3 is 2.33 bits per heavy atom. The van der Waals surface area contributed by atoms with E-state index >= 15 is 0 Å². The highest BCUT2D eigenvalue weighted by atomic mass is 127. The molecule has 0 nitrogen and oxygen atoms in total. The highest BCUT2D eigenvalue weighted by molar-refractivity contribution is 14.2. The Balaban J connectivity index is 4.32. The van der Waals surface area contributed by atoms with Gasteiger partial charge in [-0.2, -0.15) is 0 Å². The molecule has 0 heterocycles. The number of hydrogen-bond acceptors (Lipinski definition) is 0. The summed E-state index contributed by atoms with van der Waals surface area (Å²) in [5.41, 5.74) is 0.810. The average molecular weight is 242 g/mol. The van der Waals surface area contributed by atoms with Crippen LogP contribution in [0.1, 0.15) is 20.8 Å². The molecule has 0 aromatic heterocycles. The van der Waals surface area contributed by atoms with Gasteiger partial charge in [0.15, 0.2) is 3.68 Å². The highest BCUT2D eigenvalue weighted by Gasteiger charge is 2.20. The normalized spacial score (nSPS) is 19.3. The van der Waals surface area contributed by atoms with Gasteiger partial charge in [-0.15, -0.1) is 0 Å². The van der Waals surface area contributed by atoms with E-state index in [-0.39, 0.29) is 0 Å². The molecule has 0 spiro atoms. The molecule has 0 aromatic rings. The molecule has 0 rings (SSSR count). The summed E-state index contributed by atoms with van der Waals surface area (Å²) in [7, 11) is 0. The maximum absolute atomic E-state index is 13.1. The second-order valence-corrected chi connectivity index (χ2v) is 4.78. The van der Waals surface area contributed by atoms with Crippen molar-refractivity contribution in [2.75, 3.05) is 0 Å². The van der Waals surface area contributed by atoms with Gasteiger partial charge in [-0.1, -0.05) is 31.3 Å². The lowest BCUT2D eigenvalue weighted by molar-refractivity contribution is 0.389. The summed E-state index contributed by atoms with van der Waals surface area (Å²) in [4.78, 5) is 0. The second-order valence-electron chi connectivity index (χ2n) is 1.99. The van der Waals surface area contributed by atoms with Crippen molar-refractivity contribution in [1.29, 1.82) is 0 Å². The van der Waals surface area contributed by atoms with Crippen molar-refractivity contribution in [3.63, 3.8) is 0 Å². The fraction of sp³-hybridized carbons (Fsp3) is 0.571. The summed E-state index contributed by atoms with van der Waals surface area (Å²) in [6.45, 7) is 5.26. The topological polar surface area (TPSA) is 0 Å². The minimum absolute atomic E-state index is 0.571. The van der Waals surface area contributed by atoms with Gasteiger partial charge >= 0.3 is 0 Å². The van der Waals surface area contributed by atoms with Crippen LogP contribution in [0.2, 0.25) is 0 Å². The van der Waals surface area contributed by atoms with E-state index in [4.69, 9.17) is 0 Å². The largest absolute Gasteiger partial charge is 0.228 e. The van der Waals surface area contributed by atoms with E-state index in [2.05, 4.69) is 4.51 Å². The molecule has 0 saturated heterocycles. The monoisotopic (exact) mass is 242 g/mol. The molecular formula is C7H12FI. The molecule has 0 N–H and O–H groups in total. The Labute approximate surface area is 65.9 Å². The Kier molecular flexibility index (Phi) is 3.54. The average Bonchev–Trinajstić information content (AvgIpc) is 1.86. The first-order valence-corrected chi connectivity index (χ1v) is 5.37. The molecule has 0 fully saturated rings. The standard InChI is InChI=1S/C7H12FI/c1-5-6(2)7(3,8)9-4/h5H,4H2,1-3H3/b6-5+. The summed E-state index contributed by atoms with van der Waals surface area (Å²) in [5.74, 6) is 0. The van der Waals surface area contributed by atoms with Crippen LogP contribution in [0.3, 0.4) is 0 Å². The Morgan fingerprint density at radius 2 is 2.22 bits per heavy atom. The van der Waals surface area contributed by atoms with Crippen molar-refractivity contribution in [2.45, 2.75) is 24.4 Å². The van der Waals surface area contributed by atoms with E-state index in [1.165, 1.54) is 0 Å². The van der Waals surface area contributed by atoms with Crippen molar-refractivity contribution in [1.82, 2.24) is 0 Å². The predicted molar refractivity (Wildman–Crippen MR) is 50.1 cm³/mol. The quantitative estimate of drug-likeness (QED) is 0.396. The first-order chi connectivity index (χ1) is 4.04. The van der Waals surface area contributed by atoms with Gasteiger partial charge in [0.2, 0.25) is 0 Å². The van der Waals surface area contributed by atoms with Crippen molar-refractivity contribution in [2.24, 2.45) is 0 Å². The lowest BCUT2D eigenvalue weighted by atomic mass is 10.2. The van der Waals surface area contributed by atoms with Crippen LogP contribution in [-0.2, 0) is 0 Å². The molecule has 0 aliphatic carbocycles. The van der Waals surface area contributed by atoms with Gasteiger partial charge in [0.25, 0.3) is 0 Å². The zero-order valence-electron chi connectivity index (χ0n) is 6.04. The maximum atomic E-state index is 13.1. The van der Waals surface area contributed by atoms with Crippen molar-refractivity contribution < 1.29 is 4.39 Å². The molecule has 9 heavy (non-hydrogen) atoms. The zero-order chi connectivity index (χ0) is 7.49. The molecule has 0 aromatic carbocycles. The summed E-state index contributed by atoms with van der Waals surface area (Å²) < 4.78 is 15.7. The van der Waals surface area contributed by atoms with Crippen LogP contribution >= 0.6 is 20.7 Å². The lowest BCUT2D eigenvalue weighted by Gasteiger charge is -2.14. The molecular weight excluding hydrogens is 230 g/mol. The summed E-state index contributed by atoms with van der Waals surface area (Å²) >= 11 is -0.571. The molecule has 0 saturated carbocycles. The van der Waals surface area contributed by atoms with E-state index in [1.54, 1.807) is 6.92 Å². The van der Waals surface area contributed by atoms with Crippen LogP contribution in [0.4, 0.5) is 4.39 Å². The van der Waals surface area contributed by atoms with Crippen LogP contribution in [-0.4, -0.2) is 8.19 Å². The number of hydrogen-bond donors (Lipinski definition) is 0. The molecule has 0 aliphatic heterocycles. The van der Waals surface area contributed by atoms with E-state index in [9.17, 15) is 4.39 Å². The Hall–Kier alpha value is 0.270. The summed E-state index contributed by atoms with van der Waals surface area (Å²) in [6, 6.07) is 0. The third-order valence-corrected chi connectivity index (χ3v) is 3.66. The zero-order valence-corrected chi connectivity index (χ0v) is 8.20. The molecule has 54 valence electrons. The first kappa shape index (κ1) is 9.27. The molecule has 2 heteroatoms. The van der Waals surface area contributed by atoms with Gasteiger partial charge in [-0.3, -0.25) is 0 Å². The molecule has 1 unspecified atom stereocenters. The number of rotatable bonds is 2. The molecule has 1 atom stereocenters. The van der Waals surface area contributed by atoms with Crippen molar-refractivity contribution >= 4 is 25.2 Å². The van der Waals surface area contributed by atoms with Gasteiger partial charge in [0.1, 0.15) is 0 Å². The fourth-order valence-corrected chi connectivity index (χ4v) is 1.27.